The first-order valence-corrected chi connectivity index (χ1v) is 29.0. The number of sulfonamides is 1. The van der Waals surface area contributed by atoms with E-state index >= 15 is 0 Å². The van der Waals surface area contributed by atoms with Crippen LogP contribution in [0.25, 0.3) is 0 Å². The molecule has 75 heavy (non-hydrogen) atoms. The van der Waals surface area contributed by atoms with Crippen LogP contribution in [0.4, 0.5) is 0 Å². The normalized spacial score (nSPS) is 36.8. The number of carbonyl (C=O) groups is 5. The Bertz CT molecular complexity index is 2130. The van der Waals surface area contributed by atoms with Gasteiger partial charge in [-0.2, -0.15) is 0 Å². The van der Waals surface area contributed by atoms with Crippen molar-refractivity contribution in [3.63, 3.8) is 0 Å². The van der Waals surface area contributed by atoms with E-state index in [0.717, 1.165) is 18.2 Å². The molecule has 3 aliphatic heterocycles. The highest BCUT2D eigenvalue weighted by molar-refractivity contribution is 7.88. The summed E-state index contributed by atoms with van der Waals surface area (Å²) in [7, 11) is 1.16. The summed E-state index contributed by atoms with van der Waals surface area (Å²) < 4.78 is 67.2. The molecule has 19 heteroatoms. The molecule has 4 aliphatic rings. The van der Waals surface area contributed by atoms with Crippen molar-refractivity contribution in [2.24, 2.45) is 35.5 Å². The van der Waals surface area contributed by atoms with Gasteiger partial charge in [0, 0.05) is 65.0 Å². The van der Waals surface area contributed by atoms with E-state index in [2.05, 4.69) is 4.72 Å². The SMILES string of the molecule is COCCOC1CC2CCC(C)C(O)(O2)C(=O)C(=O)N2CCCCC2C(=O)OC(C(C)CC2CCC(OCCNS(C)(=O)=O)C(OC)C2)CC(=O)C(C)/C=C(\C)C(O)C(OC)C(=O)C(C)CC(C)/C=C/C=C/C=C/1C. The number of hydrogen-bond acceptors (Lipinski definition) is 16. The molecule has 1 aliphatic carbocycles. The number of fused-ring (bicyclic) bond motifs is 3. The molecule has 0 spiro atoms. The quantitative estimate of drug-likeness (QED) is 0.0810. The lowest BCUT2D eigenvalue weighted by atomic mass is 9.78. The van der Waals surface area contributed by atoms with Gasteiger partial charge in [-0.25, -0.2) is 17.9 Å². The molecule has 0 aromatic heterocycles. The first-order chi connectivity index (χ1) is 35.4. The van der Waals surface area contributed by atoms with Crippen LogP contribution in [0.1, 0.15) is 126 Å². The van der Waals surface area contributed by atoms with Crippen LogP contribution in [-0.2, 0) is 67.2 Å². The zero-order chi connectivity index (χ0) is 55.6. The van der Waals surface area contributed by atoms with Gasteiger partial charge in [0.15, 0.2) is 5.78 Å². The molecule has 0 aromatic rings. The number of piperidine rings is 1. The maximum atomic E-state index is 14.6. The molecule has 0 radical (unpaired) electrons. The van der Waals surface area contributed by atoms with E-state index in [1.54, 1.807) is 48.0 Å². The number of carbonyl (C=O) groups excluding carboxylic acids is 5. The summed E-state index contributed by atoms with van der Waals surface area (Å²) >= 11 is 0. The summed E-state index contributed by atoms with van der Waals surface area (Å²) in [6.07, 6.45) is 12.1. The fourth-order valence-corrected chi connectivity index (χ4v) is 11.4. The summed E-state index contributed by atoms with van der Waals surface area (Å²) in [5, 5.41) is 23.7. The predicted octanol–water partition coefficient (Wildman–Crippen LogP) is 5.77. The topological polar surface area (TPSA) is 240 Å². The fraction of sp³-hybridized carbons (Fsp3) is 0.768. The molecule has 0 aromatic carbocycles. The lowest BCUT2D eigenvalue weighted by Crippen LogP contribution is -2.61. The number of hydrogen-bond donors (Lipinski definition) is 3. The standard InChI is InChI=1S/C56H90N2O16S/c1-35-17-13-12-14-18-36(2)47(72-28-27-68-8)33-43-22-20-41(7)56(65,74-43)53(62)54(63)58-25-16-15-19-44(58)55(64)73-48(34-45(59)37(3)30-40(6)51(61)52(70-10)50(60)39(5)29-35)38(4)31-42-21-23-46(49(32-42)69-9)71-26-24-57-75(11,66)67/h12-14,17-18,30,35,37-39,41-44,46-49,51-52,57,61,65H,15-16,19-29,31-34H2,1-11H3/b14-12+,17-13+,36-18+,40-30+. The Kier molecular flexibility index (Phi) is 26.1. The van der Waals surface area contributed by atoms with Gasteiger partial charge in [-0.3, -0.25) is 19.2 Å². The van der Waals surface area contributed by atoms with Gasteiger partial charge in [-0.05, 0) is 107 Å². The van der Waals surface area contributed by atoms with Crippen LogP contribution in [0, 0.1) is 35.5 Å². The zero-order valence-electron chi connectivity index (χ0n) is 46.5. The van der Waals surface area contributed by atoms with Gasteiger partial charge in [0.05, 0.1) is 50.5 Å². The summed E-state index contributed by atoms with van der Waals surface area (Å²) in [6, 6.07) is -1.19. The Balaban J connectivity index is 1.69. The molecule has 4 rings (SSSR count). The number of nitrogens with zero attached hydrogens (tertiary/aromatic N) is 1. The molecular weight excluding hydrogens is 989 g/mol. The number of Topliss-reactive ketones (excluding diaryl/α,β-unsaturated/α-hetero) is 3. The molecule has 15 atom stereocenters. The molecule has 426 valence electrons. The second kappa shape index (κ2) is 30.6. The van der Waals surface area contributed by atoms with Gasteiger partial charge in [0.25, 0.3) is 11.7 Å². The summed E-state index contributed by atoms with van der Waals surface area (Å²) in [5.41, 5.74) is 1.21. The first-order valence-electron chi connectivity index (χ1n) is 27.1. The second-order valence-corrected chi connectivity index (χ2v) is 23.6. The van der Waals surface area contributed by atoms with E-state index in [1.807, 2.05) is 51.2 Å². The molecule has 2 saturated heterocycles. The average molecular weight is 1080 g/mol. The predicted molar refractivity (Wildman–Crippen MR) is 283 cm³/mol. The van der Waals surface area contributed by atoms with E-state index in [4.69, 9.17) is 33.2 Å². The van der Waals surface area contributed by atoms with Crippen molar-refractivity contribution in [3.05, 3.63) is 47.6 Å². The summed E-state index contributed by atoms with van der Waals surface area (Å²) in [4.78, 5) is 72.8. The third-order valence-electron chi connectivity index (χ3n) is 15.6. The Morgan fingerprint density at radius 2 is 1.59 bits per heavy atom. The Labute approximate surface area is 446 Å². The van der Waals surface area contributed by atoms with Crippen LogP contribution < -0.4 is 4.72 Å². The van der Waals surface area contributed by atoms with E-state index in [9.17, 15) is 42.6 Å². The second-order valence-electron chi connectivity index (χ2n) is 21.7. The number of methoxy groups -OCH3 is 3. The molecule has 3 N–H and O–H groups in total. The van der Waals surface area contributed by atoms with Crippen LogP contribution in [0.5, 0.6) is 0 Å². The van der Waals surface area contributed by atoms with Crippen molar-refractivity contribution >= 4 is 39.2 Å². The number of ketones is 3. The highest BCUT2D eigenvalue weighted by atomic mass is 32.2. The average Bonchev–Trinajstić information content (AvgIpc) is 3.37. The fourth-order valence-electron chi connectivity index (χ4n) is 10.9. The zero-order valence-corrected chi connectivity index (χ0v) is 47.3. The minimum Gasteiger partial charge on any atom is -0.460 e. The van der Waals surface area contributed by atoms with E-state index < -0.39 is 93.7 Å². The van der Waals surface area contributed by atoms with Gasteiger partial charge in [0.2, 0.25) is 15.8 Å². The van der Waals surface area contributed by atoms with Gasteiger partial charge >= 0.3 is 5.97 Å². The highest BCUT2D eigenvalue weighted by Gasteiger charge is 2.53. The Hall–Kier alpha value is -3.50. The number of cyclic esters (lactones) is 1. The first kappa shape index (κ1) is 64.0. The van der Waals surface area contributed by atoms with Crippen molar-refractivity contribution < 1.29 is 75.8 Å². The van der Waals surface area contributed by atoms with Crippen molar-refractivity contribution in [2.75, 3.05) is 60.5 Å². The molecule has 2 bridgehead atoms. The molecule has 3 fully saturated rings. The third-order valence-corrected chi connectivity index (χ3v) is 16.3. The van der Waals surface area contributed by atoms with Gasteiger partial charge in [-0.1, -0.05) is 71.1 Å². The minimum absolute atomic E-state index is 0.0124. The van der Waals surface area contributed by atoms with E-state index in [0.29, 0.717) is 63.5 Å². The lowest BCUT2D eigenvalue weighted by molar-refractivity contribution is -0.266. The Morgan fingerprint density at radius 3 is 2.27 bits per heavy atom. The minimum atomic E-state index is -3.38. The van der Waals surface area contributed by atoms with E-state index in [1.165, 1.54) is 12.0 Å². The largest absolute Gasteiger partial charge is 0.460 e. The van der Waals surface area contributed by atoms with E-state index in [-0.39, 0.29) is 81.2 Å². The van der Waals surface area contributed by atoms with Crippen LogP contribution >= 0.6 is 0 Å². The summed E-state index contributed by atoms with van der Waals surface area (Å²) in [5.74, 6) is -8.39. The van der Waals surface area contributed by atoms with Crippen LogP contribution in [0.15, 0.2) is 47.6 Å². The summed E-state index contributed by atoms with van der Waals surface area (Å²) in [6.45, 7) is 13.5. The van der Waals surface area contributed by atoms with Gasteiger partial charge < -0.3 is 48.3 Å². The monoisotopic (exact) mass is 1080 g/mol. The highest BCUT2D eigenvalue weighted by Crippen LogP contribution is 2.38. The number of aliphatic hydroxyl groups is 2. The number of nitrogens with one attached hydrogen (secondary N) is 1. The smallest absolute Gasteiger partial charge is 0.329 e. The molecule has 1 saturated carbocycles. The number of allylic oxidation sites excluding steroid dienone is 6. The van der Waals surface area contributed by atoms with Crippen LogP contribution in [0.2, 0.25) is 0 Å². The number of rotatable bonds is 14. The molecule has 1 amide bonds. The maximum absolute atomic E-state index is 14.6. The molecule has 3 heterocycles. The van der Waals surface area contributed by atoms with Crippen molar-refractivity contribution in [1.29, 1.82) is 0 Å². The molecule has 18 nitrogen and oxygen atoms in total. The van der Waals surface area contributed by atoms with Crippen molar-refractivity contribution in [2.45, 2.75) is 180 Å². The maximum Gasteiger partial charge on any atom is 0.329 e. The van der Waals surface area contributed by atoms with Gasteiger partial charge in [-0.15, -0.1) is 0 Å². The lowest BCUT2D eigenvalue weighted by Gasteiger charge is -2.43. The number of esters is 1. The molecule has 15 unspecified atom stereocenters. The van der Waals surface area contributed by atoms with Gasteiger partial charge in [0.1, 0.15) is 30.1 Å². The van der Waals surface area contributed by atoms with Crippen LogP contribution in [0.3, 0.4) is 0 Å². The third kappa shape index (κ3) is 19.1. The van der Waals surface area contributed by atoms with Crippen molar-refractivity contribution in [3.8, 4) is 0 Å². The molecular formula is C56H90N2O16S. The number of aliphatic hydroxyl groups excluding tert-OH is 1. The van der Waals surface area contributed by atoms with Crippen molar-refractivity contribution in [1.82, 2.24) is 9.62 Å². The number of amides is 1. The Morgan fingerprint density at radius 1 is 0.853 bits per heavy atom. The number of ether oxygens (including phenoxy) is 7. The van der Waals surface area contributed by atoms with Crippen LogP contribution in [-0.4, -0.2) is 168 Å².